The fraction of sp³-hybridized carbons (Fsp3) is 0.429. The normalized spacial score (nSPS) is 10.2. The van der Waals surface area contributed by atoms with Gasteiger partial charge in [0.25, 0.3) is 0 Å². The lowest BCUT2D eigenvalue weighted by Gasteiger charge is -2.05. The Kier molecular flexibility index (Phi) is 6.36. The maximum atomic E-state index is 11.5. The number of carboxylic acids is 1. The maximum absolute atomic E-state index is 11.5. The van der Waals surface area contributed by atoms with Gasteiger partial charge in [0.15, 0.2) is 0 Å². The van der Waals surface area contributed by atoms with Crippen molar-refractivity contribution in [3.05, 3.63) is 34.3 Å². The monoisotopic (exact) mass is 283 g/mol. The summed E-state index contributed by atoms with van der Waals surface area (Å²) in [5, 5.41) is 11.9. The molecule has 2 N–H and O–H groups in total. The van der Waals surface area contributed by atoms with Crippen LogP contribution in [0.3, 0.4) is 0 Å². The van der Waals surface area contributed by atoms with E-state index >= 15 is 0 Å². The first-order valence-corrected chi connectivity index (χ1v) is 6.60. The lowest BCUT2D eigenvalue weighted by atomic mass is 10.1. The molecule has 0 aliphatic carbocycles. The Hall–Kier alpha value is -1.55. The first kappa shape index (κ1) is 15.5. The molecule has 1 aromatic rings. The van der Waals surface area contributed by atoms with Crippen molar-refractivity contribution in [2.45, 2.75) is 32.6 Å². The van der Waals surface area contributed by atoms with Crippen molar-refractivity contribution in [3.8, 4) is 0 Å². The van der Waals surface area contributed by atoms with E-state index in [9.17, 15) is 9.59 Å². The third-order valence-electron chi connectivity index (χ3n) is 2.77. The van der Waals surface area contributed by atoms with Crippen LogP contribution >= 0.6 is 11.6 Å². The van der Waals surface area contributed by atoms with Crippen molar-refractivity contribution >= 4 is 23.5 Å². The van der Waals surface area contributed by atoms with Gasteiger partial charge in [-0.2, -0.15) is 0 Å². The number of halogens is 1. The van der Waals surface area contributed by atoms with Crippen molar-refractivity contribution in [1.82, 2.24) is 5.32 Å². The van der Waals surface area contributed by atoms with Crippen molar-refractivity contribution in [2.75, 3.05) is 6.54 Å². The van der Waals surface area contributed by atoms with E-state index in [0.29, 0.717) is 30.8 Å². The average molecular weight is 284 g/mol. The minimum Gasteiger partial charge on any atom is -0.481 e. The topological polar surface area (TPSA) is 66.4 Å². The summed E-state index contributed by atoms with van der Waals surface area (Å²) in [5.74, 6) is -0.911. The molecule has 0 saturated carbocycles. The van der Waals surface area contributed by atoms with E-state index in [1.165, 1.54) is 0 Å². The lowest BCUT2D eigenvalue weighted by molar-refractivity contribution is -0.137. The molecule has 0 saturated heterocycles. The van der Waals surface area contributed by atoms with Crippen LogP contribution in [0.4, 0.5) is 0 Å². The summed E-state index contributed by atoms with van der Waals surface area (Å²) in [6.45, 7) is 2.33. The van der Waals surface area contributed by atoms with Crippen LogP contribution in [-0.2, 0) is 16.0 Å². The second-order valence-corrected chi connectivity index (χ2v) is 4.84. The van der Waals surface area contributed by atoms with Gasteiger partial charge < -0.3 is 10.4 Å². The zero-order chi connectivity index (χ0) is 14.3. The lowest BCUT2D eigenvalue weighted by Crippen LogP contribution is -2.25. The Labute approximate surface area is 117 Å². The predicted octanol–water partition coefficient (Wildman–Crippen LogP) is 2.56. The number of nitrogens with one attached hydrogen (secondary N) is 1. The molecule has 0 radical (unpaired) electrons. The number of amides is 1. The van der Waals surface area contributed by atoms with E-state index < -0.39 is 5.97 Å². The first-order chi connectivity index (χ1) is 8.99. The minimum absolute atomic E-state index is 0.0675. The van der Waals surface area contributed by atoms with Gasteiger partial charge in [0.2, 0.25) is 5.91 Å². The summed E-state index contributed by atoms with van der Waals surface area (Å²) >= 11 is 6.01. The molecule has 0 fully saturated rings. The number of benzene rings is 1. The largest absolute Gasteiger partial charge is 0.481 e. The van der Waals surface area contributed by atoms with Gasteiger partial charge in [-0.05, 0) is 37.0 Å². The van der Waals surface area contributed by atoms with Crippen molar-refractivity contribution in [1.29, 1.82) is 0 Å². The van der Waals surface area contributed by atoms with E-state index in [2.05, 4.69) is 5.32 Å². The van der Waals surface area contributed by atoms with Gasteiger partial charge in [0.05, 0.1) is 0 Å². The number of hydrogen-bond acceptors (Lipinski definition) is 2. The van der Waals surface area contributed by atoms with Crippen molar-refractivity contribution in [2.24, 2.45) is 0 Å². The Morgan fingerprint density at radius 1 is 1.32 bits per heavy atom. The molecule has 0 unspecified atom stereocenters. The predicted molar refractivity (Wildman–Crippen MR) is 74.4 cm³/mol. The fourth-order valence-electron chi connectivity index (χ4n) is 1.61. The Bertz CT molecular complexity index is 460. The number of aliphatic carboxylic acids is 1. The first-order valence-electron chi connectivity index (χ1n) is 6.22. The molecule has 19 heavy (non-hydrogen) atoms. The molecule has 5 heteroatoms. The summed E-state index contributed by atoms with van der Waals surface area (Å²) < 4.78 is 0. The van der Waals surface area contributed by atoms with Gasteiger partial charge in [0, 0.05) is 24.4 Å². The average Bonchev–Trinajstić information content (AvgIpc) is 2.36. The number of aryl methyl sites for hydroxylation is 2. The van der Waals surface area contributed by atoms with Gasteiger partial charge in [-0.15, -0.1) is 0 Å². The maximum Gasteiger partial charge on any atom is 0.303 e. The smallest absolute Gasteiger partial charge is 0.303 e. The van der Waals surface area contributed by atoms with Gasteiger partial charge in [-0.3, -0.25) is 9.59 Å². The van der Waals surface area contributed by atoms with Crippen molar-refractivity contribution in [3.63, 3.8) is 0 Å². The molecular weight excluding hydrogens is 266 g/mol. The zero-order valence-corrected chi connectivity index (χ0v) is 11.7. The minimum atomic E-state index is -0.844. The van der Waals surface area contributed by atoms with Gasteiger partial charge in [-0.1, -0.05) is 23.7 Å². The highest BCUT2D eigenvalue weighted by atomic mass is 35.5. The van der Waals surface area contributed by atoms with E-state index in [1.54, 1.807) is 0 Å². The third kappa shape index (κ3) is 6.25. The molecule has 4 nitrogen and oxygen atoms in total. The summed E-state index contributed by atoms with van der Waals surface area (Å²) in [6.07, 6.45) is 1.54. The van der Waals surface area contributed by atoms with Crippen LogP contribution in [0, 0.1) is 6.92 Å². The van der Waals surface area contributed by atoms with Crippen LogP contribution in [-0.4, -0.2) is 23.5 Å². The summed E-state index contributed by atoms with van der Waals surface area (Å²) in [6, 6.07) is 5.76. The van der Waals surface area contributed by atoms with E-state index in [4.69, 9.17) is 16.7 Å². The molecule has 0 aliphatic heterocycles. The van der Waals surface area contributed by atoms with Crippen LogP contribution in [0.1, 0.15) is 30.4 Å². The SMILES string of the molecule is Cc1ccc(CCC(=O)NCCCC(=O)O)cc1Cl. The highest BCUT2D eigenvalue weighted by molar-refractivity contribution is 6.31. The molecule has 104 valence electrons. The molecule has 1 amide bonds. The molecule has 0 aromatic heterocycles. The zero-order valence-electron chi connectivity index (χ0n) is 10.9. The van der Waals surface area contributed by atoms with Crippen LogP contribution in [0.25, 0.3) is 0 Å². The quantitative estimate of drug-likeness (QED) is 0.756. The van der Waals surface area contributed by atoms with E-state index in [0.717, 1.165) is 11.1 Å². The number of carboxylic acid groups (broad SMARTS) is 1. The fourth-order valence-corrected chi connectivity index (χ4v) is 1.81. The van der Waals surface area contributed by atoms with Crippen LogP contribution < -0.4 is 5.32 Å². The van der Waals surface area contributed by atoms with Crippen molar-refractivity contribution < 1.29 is 14.7 Å². The summed E-state index contributed by atoms with van der Waals surface area (Å²) in [4.78, 5) is 21.8. The molecule has 0 atom stereocenters. The number of hydrogen-bond donors (Lipinski definition) is 2. The number of rotatable bonds is 7. The van der Waals surface area contributed by atoms with Crippen LogP contribution in [0.2, 0.25) is 5.02 Å². The Morgan fingerprint density at radius 3 is 2.68 bits per heavy atom. The number of carbonyl (C=O) groups excluding carboxylic acids is 1. The standard InChI is InChI=1S/C14H18ClNO3/c1-10-4-5-11(9-12(10)15)6-7-13(17)16-8-2-3-14(18)19/h4-5,9H,2-3,6-8H2,1H3,(H,16,17)(H,18,19). The molecule has 0 aliphatic rings. The number of carbonyl (C=O) groups is 2. The summed E-state index contributed by atoms with van der Waals surface area (Å²) in [5.41, 5.74) is 2.04. The molecule has 0 heterocycles. The highest BCUT2D eigenvalue weighted by Crippen LogP contribution is 2.17. The second kappa shape index (κ2) is 7.79. The Morgan fingerprint density at radius 2 is 2.05 bits per heavy atom. The second-order valence-electron chi connectivity index (χ2n) is 4.43. The summed E-state index contributed by atoms with van der Waals surface area (Å²) in [7, 11) is 0. The molecule has 0 spiro atoms. The third-order valence-corrected chi connectivity index (χ3v) is 3.17. The van der Waals surface area contributed by atoms with Gasteiger partial charge in [0.1, 0.15) is 0 Å². The molecule has 0 bridgehead atoms. The van der Waals surface area contributed by atoms with Crippen LogP contribution in [0.15, 0.2) is 18.2 Å². The molecule has 1 rings (SSSR count). The molecule has 1 aromatic carbocycles. The van der Waals surface area contributed by atoms with Crippen LogP contribution in [0.5, 0.6) is 0 Å². The van der Waals surface area contributed by atoms with Gasteiger partial charge >= 0.3 is 5.97 Å². The van der Waals surface area contributed by atoms with E-state index in [1.807, 2.05) is 25.1 Å². The molecular formula is C14H18ClNO3. The van der Waals surface area contributed by atoms with Gasteiger partial charge in [-0.25, -0.2) is 0 Å². The highest BCUT2D eigenvalue weighted by Gasteiger charge is 2.04. The Balaban J connectivity index is 2.26. The van der Waals surface area contributed by atoms with E-state index in [-0.39, 0.29) is 12.3 Å².